The molecule has 0 saturated heterocycles. The molecular weight excluding hydrogens is 268 g/mol. The van der Waals surface area contributed by atoms with Gasteiger partial charge >= 0.3 is 0 Å². The van der Waals surface area contributed by atoms with E-state index in [9.17, 15) is 14.9 Å². The Balaban J connectivity index is 1.93. The van der Waals surface area contributed by atoms with Crippen molar-refractivity contribution in [2.75, 3.05) is 6.61 Å². The van der Waals surface area contributed by atoms with Crippen molar-refractivity contribution in [1.82, 2.24) is 5.32 Å². The Bertz CT molecular complexity index is 557. The van der Waals surface area contributed by atoms with E-state index in [1.54, 1.807) is 24.3 Å². The van der Waals surface area contributed by atoms with E-state index in [1.807, 2.05) is 0 Å². The monoisotopic (exact) mass is 286 g/mol. The second-order valence-corrected chi connectivity index (χ2v) is 5.25. The summed E-state index contributed by atoms with van der Waals surface area (Å²) in [7, 11) is 0. The smallest absolute Gasteiger partial charge is 0.259 e. The third-order valence-electron chi connectivity index (χ3n) is 3.70. The minimum atomic E-state index is -0.761. The molecule has 1 aromatic rings. The van der Waals surface area contributed by atoms with E-state index >= 15 is 0 Å². The maximum absolute atomic E-state index is 12.0. The third-order valence-corrected chi connectivity index (χ3v) is 3.70. The van der Waals surface area contributed by atoms with Crippen molar-refractivity contribution in [2.24, 2.45) is 0 Å². The number of rotatable bonds is 5. The second-order valence-electron chi connectivity index (χ2n) is 5.25. The van der Waals surface area contributed by atoms with Crippen molar-refractivity contribution in [3.8, 4) is 11.8 Å². The lowest BCUT2D eigenvalue weighted by atomic mass is 9.83. The zero-order valence-electron chi connectivity index (χ0n) is 11.8. The van der Waals surface area contributed by atoms with Crippen LogP contribution in [0.15, 0.2) is 24.3 Å². The molecule has 0 aliphatic heterocycles. The second kappa shape index (κ2) is 6.89. The number of hydrogen-bond donors (Lipinski definition) is 1. The molecule has 1 aromatic carbocycles. The topological polar surface area (TPSA) is 79.2 Å². The Kier molecular flexibility index (Phi) is 4.94. The highest BCUT2D eigenvalue weighted by Crippen LogP contribution is 2.27. The van der Waals surface area contributed by atoms with Crippen LogP contribution >= 0.6 is 0 Å². The molecule has 1 aliphatic carbocycles. The SMILES string of the molecule is N#CC1(NC(=O)COc2ccccc2C=O)CCCCC1. The lowest BCUT2D eigenvalue weighted by molar-refractivity contribution is -0.124. The standard InChI is InChI=1S/C16H18N2O3/c17-12-16(8-4-1-5-9-16)18-15(20)11-21-14-7-3-2-6-13(14)10-19/h2-3,6-7,10H,1,4-5,8-9,11H2,(H,18,20). The number of carbonyl (C=O) groups is 2. The van der Waals surface area contributed by atoms with Crippen LogP contribution in [0.2, 0.25) is 0 Å². The van der Waals surface area contributed by atoms with Crippen LogP contribution in [0.5, 0.6) is 5.75 Å². The highest BCUT2D eigenvalue weighted by atomic mass is 16.5. The summed E-state index contributed by atoms with van der Waals surface area (Å²) in [6, 6.07) is 8.94. The van der Waals surface area contributed by atoms with Gasteiger partial charge in [-0.25, -0.2) is 0 Å². The van der Waals surface area contributed by atoms with Gasteiger partial charge in [-0.2, -0.15) is 5.26 Å². The maximum atomic E-state index is 12.0. The fourth-order valence-electron chi connectivity index (χ4n) is 2.58. The number of carbonyl (C=O) groups excluding carboxylic acids is 2. The molecule has 0 atom stereocenters. The largest absolute Gasteiger partial charge is 0.483 e. The van der Waals surface area contributed by atoms with Gasteiger partial charge in [-0.1, -0.05) is 31.4 Å². The van der Waals surface area contributed by atoms with E-state index in [-0.39, 0.29) is 12.5 Å². The number of para-hydroxylation sites is 1. The molecule has 1 saturated carbocycles. The van der Waals surface area contributed by atoms with Gasteiger partial charge in [-0.3, -0.25) is 9.59 Å². The Hall–Kier alpha value is -2.35. The number of nitrogens with one attached hydrogen (secondary N) is 1. The number of ether oxygens (including phenoxy) is 1. The van der Waals surface area contributed by atoms with Gasteiger partial charge in [-0.05, 0) is 25.0 Å². The average Bonchev–Trinajstić information content (AvgIpc) is 2.54. The fraction of sp³-hybridized carbons (Fsp3) is 0.438. The summed E-state index contributed by atoms with van der Waals surface area (Å²) in [6.07, 6.45) is 5.04. The number of aldehydes is 1. The molecule has 0 aromatic heterocycles. The van der Waals surface area contributed by atoms with E-state index in [4.69, 9.17) is 4.74 Å². The summed E-state index contributed by atoms with van der Waals surface area (Å²) in [5, 5.41) is 12.1. The van der Waals surface area contributed by atoms with Crippen LogP contribution in [0.3, 0.4) is 0 Å². The fourth-order valence-corrected chi connectivity index (χ4v) is 2.58. The molecule has 1 N–H and O–H groups in total. The molecule has 0 unspecified atom stereocenters. The first kappa shape index (κ1) is 15.0. The molecule has 0 heterocycles. The van der Waals surface area contributed by atoms with Crippen molar-refractivity contribution in [3.63, 3.8) is 0 Å². The quantitative estimate of drug-likeness (QED) is 0.842. The summed E-state index contributed by atoms with van der Waals surface area (Å²) in [5.41, 5.74) is -0.360. The van der Waals surface area contributed by atoms with Crippen LogP contribution < -0.4 is 10.1 Å². The minimum Gasteiger partial charge on any atom is -0.483 e. The highest BCUT2D eigenvalue weighted by molar-refractivity contribution is 5.81. The minimum absolute atomic E-state index is 0.200. The normalized spacial score (nSPS) is 16.5. The first-order chi connectivity index (χ1) is 10.2. The average molecular weight is 286 g/mol. The van der Waals surface area contributed by atoms with Gasteiger partial charge in [0.05, 0.1) is 11.6 Å². The lowest BCUT2D eigenvalue weighted by Gasteiger charge is -2.31. The van der Waals surface area contributed by atoms with Crippen molar-refractivity contribution < 1.29 is 14.3 Å². The molecule has 1 aliphatic rings. The van der Waals surface area contributed by atoms with Gasteiger partial charge in [0.15, 0.2) is 12.9 Å². The first-order valence-corrected chi connectivity index (χ1v) is 7.08. The third kappa shape index (κ3) is 3.82. The van der Waals surface area contributed by atoms with E-state index in [0.29, 0.717) is 30.4 Å². The van der Waals surface area contributed by atoms with Crippen molar-refractivity contribution in [1.29, 1.82) is 5.26 Å². The van der Waals surface area contributed by atoms with Crippen LogP contribution in [0.1, 0.15) is 42.5 Å². The Labute approximate surface area is 123 Å². The van der Waals surface area contributed by atoms with Gasteiger partial charge in [0.2, 0.25) is 0 Å². The van der Waals surface area contributed by atoms with E-state index in [0.717, 1.165) is 19.3 Å². The number of benzene rings is 1. The van der Waals surface area contributed by atoms with Crippen molar-refractivity contribution >= 4 is 12.2 Å². The number of nitrogens with zero attached hydrogens (tertiary/aromatic N) is 1. The van der Waals surface area contributed by atoms with Gasteiger partial charge in [-0.15, -0.1) is 0 Å². The molecule has 1 fully saturated rings. The van der Waals surface area contributed by atoms with Gasteiger partial charge in [0.1, 0.15) is 11.3 Å². The molecule has 0 spiro atoms. The van der Waals surface area contributed by atoms with Crippen LogP contribution in [0.4, 0.5) is 0 Å². The summed E-state index contributed by atoms with van der Waals surface area (Å²) >= 11 is 0. The summed E-state index contributed by atoms with van der Waals surface area (Å²) < 4.78 is 5.37. The van der Waals surface area contributed by atoms with Gasteiger partial charge in [0, 0.05) is 0 Å². The molecule has 0 bridgehead atoms. The van der Waals surface area contributed by atoms with Gasteiger partial charge < -0.3 is 10.1 Å². The molecule has 1 amide bonds. The highest BCUT2D eigenvalue weighted by Gasteiger charge is 2.33. The summed E-state index contributed by atoms with van der Waals surface area (Å²) in [6.45, 7) is -0.200. The van der Waals surface area contributed by atoms with E-state index in [2.05, 4.69) is 11.4 Å². The molecule has 2 rings (SSSR count). The van der Waals surface area contributed by atoms with E-state index < -0.39 is 5.54 Å². The lowest BCUT2D eigenvalue weighted by Crippen LogP contribution is -2.50. The van der Waals surface area contributed by atoms with Crippen LogP contribution in [0, 0.1) is 11.3 Å². The number of amides is 1. The Morgan fingerprint density at radius 2 is 2.05 bits per heavy atom. The van der Waals surface area contributed by atoms with Crippen molar-refractivity contribution in [2.45, 2.75) is 37.6 Å². The zero-order chi connectivity index (χ0) is 15.1. The summed E-state index contributed by atoms with van der Waals surface area (Å²) in [4.78, 5) is 22.8. The number of nitriles is 1. The zero-order valence-corrected chi connectivity index (χ0v) is 11.8. The molecule has 5 heteroatoms. The van der Waals surface area contributed by atoms with E-state index in [1.165, 1.54) is 0 Å². The predicted octanol–water partition coefficient (Wildman–Crippen LogP) is 2.22. The maximum Gasteiger partial charge on any atom is 0.259 e. The number of hydrogen-bond acceptors (Lipinski definition) is 4. The molecule has 21 heavy (non-hydrogen) atoms. The molecular formula is C16H18N2O3. The molecule has 5 nitrogen and oxygen atoms in total. The molecule has 110 valence electrons. The molecule has 0 radical (unpaired) electrons. The van der Waals surface area contributed by atoms with Crippen molar-refractivity contribution in [3.05, 3.63) is 29.8 Å². The Morgan fingerprint density at radius 3 is 2.71 bits per heavy atom. The van der Waals surface area contributed by atoms with Crippen LogP contribution in [-0.2, 0) is 4.79 Å². The summed E-state index contributed by atoms with van der Waals surface area (Å²) in [5.74, 6) is 0.0384. The predicted molar refractivity (Wildman–Crippen MR) is 76.9 cm³/mol. The Morgan fingerprint density at radius 1 is 1.33 bits per heavy atom. The van der Waals surface area contributed by atoms with Crippen LogP contribution in [0.25, 0.3) is 0 Å². The van der Waals surface area contributed by atoms with Crippen LogP contribution in [-0.4, -0.2) is 24.3 Å². The first-order valence-electron chi connectivity index (χ1n) is 7.08. The van der Waals surface area contributed by atoms with Gasteiger partial charge in [0.25, 0.3) is 5.91 Å².